The van der Waals surface area contributed by atoms with Crippen LogP contribution in [0.15, 0.2) is 53.4 Å². The Balaban J connectivity index is 2.09. The molecule has 0 aliphatic carbocycles. The maximum absolute atomic E-state index is 13.1. The fraction of sp³-hybridized carbons (Fsp3) is 0.133. The fourth-order valence-corrected chi connectivity index (χ4v) is 2.73. The van der Waals surface area contributed by atoms with E-state index in [4.69, 9.17) is 4.74 Å². The lowest BCUT2D eigenvalue weighted by molar-refractivity contribution is -0.142. The van der Waals surface area contributed by atoms with E-state index in [9.17, 15) is 17.6 Å². The summed E-state index contributed by atoms with van der Waals surface area (Å²) in [5.74, 6) is -0.772. The van der Waals surface area contributed by atoms with Gasteiger partial charge in [0, 0.05) is 0 Å². The summed E-state index contributed by atoms with van der Waals surface area (Å²) < 4.78 is 49.3. The smallest absolute Gasteiger partial charge is 0.343 e. The van der Waals surface area contributed by atoms with Gasteiger partial charge in [-0.05, 0) is 42.5 Å². The lowest BCUT2D eigenvalue weighted by Gasteiger charge is -2.09. The first kappa shape index (κ1) is 16.8. The maximum Gasteiger partial charge on any atom is 0.343 e. The standard InChI is InChI=1S/C15H14FNO5S/c1-21-15(18)10-22-13-5-7-14(8-6-13)23(19,20)17-12-4-2-3-11(16)9-12/h2-9,17H,10H2,1H3. The third-order valence-electron chi connectivity index (χ3n) is 2.80. The van der Waals surface area contributed by atoms with Crippen molar-refractivity contribution in [1.29, 1.82) is 0 Å². The van der Waals surface area contributed by atoms with Gasteiger partial charge in [-0.25, -0.2) is 17.6 Å². The van der Waals surface area contributed by atoms with Crippen LogP contribution in [0.5, 0.6) is 5.75 Å². The summed E-state index contributed by atoms with van der Waals surface area (Å²) in [6.45, 7) is -0.274. The van der Waals surface area contributed by atoms with Gasteiger partial charge < -0.3 is 9.47 Å². The number of halogens is 1. The molecule has 0 saturated heterocycles. The van der Waals surface area contributed by atoms with E-state index < -0.39 is 21.8 Å². The normalized spacial score (nSPS) is 10.9. The molecule has 122 valence electrons. The third-order valence-corrected chi connectivity index (χ3v) is 4.19. The molecule has 0 atom stereocenters. The van der Waals surface area contributed by atoms with Crippen molar-refractivity contribution in [3.63, 3.8) is 0 Å². The van der Waals surface area contributed by atoms with Crippen molar-refractivity contribution in [2.75, 3.05) is 18.4 Å². The van der Waals surface area contributed by atoms with E-state index in [1.54, 1.807) is 0 Å². The number of carbonyl (C=O) groups excluding carboxylic acids is 1. The minimum atomic E-state index is -3.85. The Kier molecular flexibility index (Phi) is 5.17. The van der Waals surface area contributed by atoms with Crippen LogP contribution in [-0.2, 0) is 19.6 Å². The van der Waals surface area contributed by atoms with E-state index in [2.05, 4.69) is 9.46 Å². The molecule has 6 nitrogen and oxygen atoms in total. The van der Waals surface area contributed by atoms with Gasteiger partial charge in [0.1, 0.15) is 11.6 Å². The molecule has 0 heterocycles. The van der Waals surface area contributed by atoms with Gasteiger partial charge >= 0.3 is 5.97 Å². The van der Waals surface area contributed by atoms with Crippen LogP contribution in [0.1, 0.15) is 0 Å². The monoisotopic (exact) mass is 339 g/mol. The zero-order valence-corrected chi connectivity index (χ0v) is 13.0. The van der Waals surface area contributed by atoms with Crippen molar-refractivity contribution >= 4 is 21.7 Å². The Labute approximate surface area is 132 Å². The Morgan fingerprint density at radius 3 is 2.48 bits per heavy atom. The van der Waals surface area contributed by atoms with E-state index in [0.29, 0.717) is 5.75 Å². The second-order valence-electron chi connectivity index (χ2n) is 4.45. The summed E-state index contributed by atoms with van der Waals surface area (Å²) in [6.07, 6.45) is 0. The molecule has 2 aromatic rings. The van der Waals surface area contributed by atoms with E-state index in [0.717, 1.165) is 6.07 Å². The molecule has 0 saturated carbocycles. The molecule has 23 heavy (non-hydrogen) atoms. The van der Waals surface area contributed by atoms with Crippen molar-refractivity contribution in [2.45, 2.75) is 4.90 Å². The highest BCUT2D eigenvalue weighted by atomic mass is 32.2. The molecule has 0 radical (unpaired) electrons. The number of hydrogen-bond acceptors (Lipinski definition) is 5. The number of esters is 1. The molecule has 0 aliphatic heterocycles. The minimum absolute atomic E-state index is 0.0211. The lowest BCUT2D eigenvalue weighted by atomic mass is 10.3. The van der Waals surface area contributed by atoms with Crippen molar-refractivity contribution in [3.8, 4) is 5.75 Å². The molecular weight excluding hydrogens is 325 g/mol. The van der Waals surface area contributed by atoms with Gasteiger partial charge in [-0.1, -0.05) is 6.07 Å². The first-order valence-corrected chi connectivity index (χ1v) is 7.97. The van der Waals surface area contributed by atoms with Gasteiger partial charge in [0.2, 0.25) is 0 Å². The molecule has 0 aromatic heterocycles. The summed E-state index contributed by atoms with van der Waals surface area (Å²) in [4.78, 5) is 10.9. The summed E-state index contributed by atoms with van der Waals surface area (Å²) in [6, 6.07) is 10.6. The van der Waals surface area contributed by atoms with Crippen LogP contribution in [0.4, 0.5) is 10.1 Å². The van der Waals surface area contributed by atoms with Crippen molar-refractivity contribution < 1.29 is 27.1 Å². The predicted octanol–water partition coefficient (Wildman–Crippen LogP) is 2.18. The predicted molar refractivity (Wildman–Crippen MR) is 81.2 cm³/mol. The summed E-state index contributed by atoms with van der Waals surface area (Å²) >= 11 is 0. The molecular formula is C15H14FNO5S. The summed E-state index contributed by atoms with van der Waals surface area (Å²) in [5.41, 5.74) is 0.121. The topological polar surface area (TPSA) is 81.7 Å². The van der Waals surface area contributed by atoms with Gasteiger partial charge in [0.05, 0.1) is 17.7 Å². The van der Waals surface area contributed by atoms with Gasteiger partial charge in [0.15, 0.2) is 6.61 Å². The van der Waals surface area contributed by atoms with Crippen molar-refractivity contribution in [2.24, 2.45) is 0 Å². The third kappa shape index (κ3) is 4.68. The number of anilines is 1. The maximum atomic E-state index is 13.1. The number of carbonyl (C=O) groups is 1. The molecule has 0 aliphatic rings. The first-order chi connectivity index (χ1) is 10.9. The summed E-state index contributed by atoms with van der Waals surface area (Å²) in [5, 5.41) is 0. The number of ether oxygens (including phenoxy) is 2. The highest BCUT2D eigenvalue weighted by molar-refractivity contribution is 7.92. The van der Waals surface area contributed by atoms with E-state index in [1.807, 2.05) is 0 Å². The number of rotatable bonds is 6. The fourth-order valence-electron chi connectivity index (χ4n) is 1.68. The highest BCUT2D eigenvalue weighted by Gasteiger charge is 2.14. The molecule has 0 amide bonds. The number of nitrogens with one attached hydrogen (secondary N) is 1. The second-order valence-corrected chi connectivity index (χ2v) is 6.13. The quantitative estimate of drug-likeness (QED) is 0.816. The number of methoxy groups -OCH3 is 1. The Morgan fingerprint density at radius 2 is 1.87 bits per heavy atom. The molecule has 2 aromatic carbocycles. The van der Waals surface area contributed by atoms with Crippen LogP contribution in [-0.4, -0.2) is 28.1 Å². The van der Waals surface area contributed by atoms with Crippen molar-refractivity contribution in [3.05, 3.63) is 54.3 Å². The minimum Gasteiger partial charge on any atom is -0.482 e. The lowest BCUT2D eigenvalue weighted by Crippen LogP contribution is -2.14. The number of hydrogen-bond donors (Lipinski definition) is 1. The summed E-state index contributed by atoms with van der Waals surface area (Å²) in [7, 11) is -2.61. The van der Waals surface area contributed by atoms with Crippen LogP contribution in [0.3, 0.4) is 0 Å². The number of benzene rings is 2. The molecule has 8 heteroatoms. The van der Waals surface area contributed by atoms with E-state index in [-0.39, 0.29) is 17.2 Å². The van der Waals surface area contributed by atoms with Crippen molar-refractivity contribution in [1.82, 2.24) is 0 Å². The van der Waals surface area contributed by atoms with Crippen LogP contribution in [0.2, 0.25) is 0 Å². The number of sulfonamides is 1. The van der Waals surface area contributed by atoms with Crippen LogP contribution >= 0.6 is 0 Å². The largest absolute Gasteiger partial charge is 0.482 e. The van der Waals surface area contributed by atoms with E-state index in [1.165, 1.54) is 49.6 Å². The Morgan fingerprint density at radius 1 is 1.17 bits per heavy atom. The average molecular weight is 339 g/mol. The molecule has 0 bridgehead atoms. The van der Waals surface area contributed by atoms with Gasteiger partial charge in [-0.3, -0.25) is 4.72 Å². The Hall–Kier alpha value is -2.61. The average Bonchev–Trinajstić information content (AvgIpc) is 2.52. The van der Waals surface area contributed by atoms with E-state index >= 15 is 0 Å². The highest BCUT2D eigenvalue weighted by Crippen LogP contribution is 2.19. The second kappa shape index (κ2) is 7.10. The van der Waals surface area contributed by atoms with Gasteiger partial charge in [-0.15, -0.1) is 0 Å². The Bertz CT molecular complexity index is 790. The van der Waals surface area contributed by atoms with Crippen LogP contribution < -0.4 is 9.46 Å². The van der Waals surface area contributed by atoms with Crippen LogP contribution in [0, 0.1) is 5.82 Å². The zero-order chi connectivity index (χ0) is 16.9. The molecule has 1 N–H and O–H groups in total. The molecule has 2 rings (SSSR count). The molecule has 0 spiro atoms. The van der Waals surface area contributed by atoms with Crippen LogP contribution in [0.25, 0.3) is 0 Å². The molecule has 0 fully saturated rings. The first-order valence-electron chi connectivity index (χ1n) is 6.49. The zero-order valence-electron chi connectivity index (χ0n) is 12.2. The SMILES string of the molecule is COC(=O)COc1ccc(S(=O)(=O)Nc2cccc(F)c2)cc1. The van der Waals surface area contributed by atoms with Gasteiger partial charge in [0.25, 0.3) is 10.0 Å². The van der Waals surface area contributed by atoms with Gasteiger partial charge in [-0.2, -0.15) is 0 Å². The molecule has 0 unspecified atom stereocenters.